The molecule has 1 radical (unpaired) electrons. The smallest absolute Gasteiger partial charge is 0.547 e. The number of aliphatic hydroxyl groups excluding tert-OH is 10. The van der Waals surface area contributed by atoms with Crippen molar-refractivity contribution in [3.63, 3.8) is 0 Å². The summed E-state index contributed by atoms with van der Waals surface area (Å²) in [6.45, 7) is -1.73. The molecule has 0 heterocycles. The third-order valence-corrected chi connectivity index (χ3v) is 2.99. The van der Waals surface area contributed by atoms with Gasteiger partial charge in [-0.15, -0.1) is 0 Å². The molecule has 0 aromatic carbocycles. The number of carboxylic acid groups (broad SMARTS) is 2. The Balaban J connectivity index is -0.000000411. The summed E-state index contributed by atoms with van der Waals surface area (Å²) in [5.41, 5.74) is 0. The Bertz CT molecular complexity index is 385. The molecule has 0 saturated heterocycles. The Kier molecular flexibility index (Phi) is 17.1. The van der Waals surface area contributed by atoms with E-state index in [4.69, 9.17) is 51.1 Å². The van der Waals surface area contributed by atoms with Crippen molar-refractivity contribution in [3.8, 4) is 0 Å². The first-order valence-electron chi connectivity index (χ1n) is 6.91. The molecule has 0 aromatic rings. The first-order chi connectivity index (χ1) is 11.8. The summed E-state index contributed by atoms with van der Waals surface area (Å²) in [5, 5.41) is 107. The SMILES string of the molecule is O=C([O-])[C@H](O)[C@H](O)[C@H](O)[C@@H](O)CO.O=C([O-])[C@H](O)[C@H](O)[C@H](O)[C@@H](O)CO.[Co+2]. The van der Waals surface area contributed by atoms with Gasteiger partial charge in [0.1, 0.15) is 48.8 Å². The molecule has 27 heavy (non-hydrogen) atoms. The molecule has 14 nitrogen and oxygen atoms in total. The molecule has 0 fully saturated rings. The van der Waals surface area contributed by atoms with Crippen molar-refractivity contribution >= 4 is 11.9 Å². The Morgan fingerprint density at radius 1 is 0.593 bits per heavy atom. The van der Waals surface area contributed by atoms with Crippen LogP contribution in [0.4, 0.5) is 0 Å². The van der Waals surface area contributed by atoms with E-state index in [1.165, 1.54) is 0 Å². The van der Waals surface area contributed by atoms with E-state index in [9.17, 15) is 19.8 Å². The molecule has 0 aliphatic carbocycles. The van der Waals surface area contributed by atoms with Gasteiger partial charge in [0.2, 0.25) is 0 Å². The molecule has 0 aliphatic heterocycles. The van der Waals surface area contributed by atoms with Gasteiger partial charge in [-0.05, 0) is 0 Å². The quantitative estimate of drug-likeness (QED) is 0.148. The minimum absolute atomic E-state index is 0. The molecule has 0 aromatic heterocycles. The Labute approximate surface area is 162 Å². The van der Waals surface area contributed by atoms with E-state index in [1.807, 2.05) is 0 Å². The third kappa shape index (κ3) is 10.8. The molecule has 10 N–H and O–H groups in total. The van der Waals surface area contributed by atoms with Crippen molar-refractivity contribution in [2.45, 2.75) is 48.8 Å². The van der Waals surface area contributed by atoms with E-state index in [-0.39, 0.29) is 16.8 Å². The van der Waals surface area contributed by atoms with Crippen molar-refractivity contribution in [1.82, 2.24) is 0 Å². The largest absolute Gasteiger partial charge is 2.00 e. The van der Waals surface area contributed by atoms with Crippen LogP contribution >= 0.6 is 0 Å². The van der Waals surface area contributed by atoms with Gasteiger partial charge in [0.05, 0.1) is 25.2 Å². The first kappa shape index (κ1) is 30.8. The van der Waals surface area contributed by atoms with Gasteiger partial charge < -0.3 is 70.9 Å². The fourth-order valence-corrected chi connectivity index (χ4v) is 1.32. The molecule has 163 valence electrons. The van der Waals surface area contributed by atoms with Crippen LogP contribution in [0.3, 0.4) is 0 Å². The number of rotatable bonds is 10. The molecule has 0 aliphatic rings. The number of carbonyl (C=O) groups excluding carboxylic acids is 2. The maximum atomic E-state index is 9.98. The topological polar surface area (TPSA) is 283 Å². The second-order valence-corrected chi connectivity index (χ2v) is 4.99. The number of hydrogen-bond acceptors (Lipinski definition) is 14. The first-order valence-corrected chi connectivity index (χ1v) is 6.91. The maximum absolute atomic E-state index is 9.98. The van der Waals surface area contributed by atoms with Crippen molar-refractivity contribution in [3.05, 3.63) is 0 Å². The summed E-state index contributed by atoms with van der Waals surface area (Å²) in [7, 11) is 0. The summed E-state index contributed by atoms with van der Waals surface area (Å²) in [6, 6.07) is 0. The molecule has 0 spiro atoms. The Morgan fingerprint density at radius 2 is 0.815 bits per heavy atom. The summed E-state index contributed by atoms with van der Waals surface area (Å²) in [4.78, 5) is 20.0. The van der Waals surface area contributed by atoms with Gasteiger partial charge in [-0.3, -0.25) is 0 Å². The predicted octanol–water partition coefficient (Wildman–Crippen LogP) is -9.66. The number of aliphatic hydroxyl groups is 10. The van der Waals surface area contributed by atoms with Crippen molar-refractivity contribution in [2.75, 3.05) is 13.2 Å². The van der Waals surface area contributed by atoms with Gasteiger partial charge in [0.15, 0.2) is 0 Å². The minimum atomic E-state index is -2.31. The fraction of sp³-hybridized carbons (Fsp3) is 0.833. The number of hydrogen-bond donors (Lipinski definition) is 10. The van der Waals surface area contributed by atoms with Gasteiger partial charge in [-0.2, -0.15) is 0 Å². The fourth-order valence-electron chi connectivity index (χ4n) is 1.32. The average Bonchev–Trinajstić information content (AvgIpc) is 2.62. The van der Waals surface area contributed by atoms with E-state index < -0.39 is 74.0 Å². The van der Waals surface area contributed by atoms with Gasteiger partial charge in [0, 0.05) is 0 Å². The Morgan fingerprint density at radius 3 is 0.963 bits per heavy atom. The summed E-state index contributed by atoms with van der Waals surface area (Å²) < 4.78 is 0. The molecule has 0 unspecified atom stereocenters. The monoisotopic (exact) mass is 449 g/mol. The van der Waals surface area contributed by atoms with Crippen LogP contribution in [0.15, 0.2) is 0 Å². The van der Waals surface area contributed by atoms with Gasteiger partial charge in [-0.25, -0.2) is 0 Å². The zero-order chi connectivity index (χ0) is 21.2. The van der Waals surface area contributed by atoms with Crippen molar-refractivity contribution in [1.29, 1.82) is 0 Å². The van der Waals surface area contributed by atoms with E-state index in [0.29, 0.717) is 0 Å². The molecule has 0 rings (SSSR count). The van der Waals surface area contributed by atoms with Crippen LogP contribution < -0.4 is 10.2 Å². The van der Waals surface area contributed by atoms with Crippen molar-refractivity contribution < 1.29 is 87.6 Å². The van der Waals surface area contributed by atoms with E-state index >= 15 is 0 Å². The van der Waals surface area contributed by atoms with E-state index in [2.05, 4.69) is 0 Å². The normalized spacial score (nSPS) is 19.6. The summed E-state index contributed by atoms with van der Waals surface area (Å²) in [6.07, 6.45) is -16.2. The van der Waals surface area contributed by atoms with E-state index in [1.54, 1.807) is 0 Å². The standard InChI is InChI=1S/2C6H12O7.Co/c2*7-1-2(8)3(9)4(10)5(11)6(12)13;/h2*2-5,7-11H,1H2,(H,12,13);/q;;+2/p-2/t2*2-,3+,4+,5+;/m00./s1. The molecular weight excluding hydrogens is 427 g/mol. The average molecular weight is 449 g/mol. The number of aliphatic carboxylic acids is 2. The zero-order valence-corrected chi connectivity index (χ0v) is 14.5. The molecule has 8 atom stereocenters. The van der Waals surface area contributed by atoms with E-state index in [0.717, 1.165) is 0 Å². The van der Waals surface area contributed by atoms with Crippen LogP contribution in [0, 0.1) is 0 Å². The van der Waals surface area contributed by atoms with Crippen molar-refractivity contribution in [2.24, 2.45) is 0 Å². The molecule has 0 bridgehead atoms. The van der Waals surface area contributed by atoms with Gasteiger partial charge in [0.25, 0.3) is 0 Å². The molecule has 15 heteroatoms. The second-order valence-electron chi connectivity index (χ2n) is 4.99. The molecular formula is C12H22CoO14. The van der Waals surface area contributed by atoms with Crippen LogP contribution in [0.1, 0.15) is 0 Å². The number of carbonyl (C=O) groups is 2. The summed E-state index contributed by atoms with van der Waals surface area (Å²) in [5.74, 6) is -3.95. The van der Waals surface area contributed by atoms with Crippen LogP contribution in [0.25, 0.3) is 0 Å². The zero-order valence-electron chi connectivity index (χ0n) is 13.5. The van der Waals surface area contributed by atoms with Gasteiger partial charge >= 0.3 is 16.8 Å². The second kappa shape index (κ2) is 15.0. The Hall–Kier alpha value is -0.954. The maximum Gasteiger partial charge on any atom is 2.00 e. The third-order valence-electron chi connectivity index (χ3n) is 2.99. The van der Waals surface area contributed by atoms with Gasteiger partial charge in [-0.1, -0.05) is 0 Å². The molecule has 0 amide bonds. The molecule has 0 saturated carbocycles. The van der Waals surface area contributed by atoms with Crippen LogP contribution in [0.5, 0.6) is 0 Å². The van der Waals surface area contributed by atoms with Crippen LogP contribution in [-0.4, -0.2) is 125 Å². The summed E-state index contributed by atoms with van der Waals surface area (Å²) >= 11 is 0. The minimum Gasteiger partial charge on any atom is -0.547 e. The number of carboxylic acids is 2. The van der Waals surface area contributed by atoms with Crippen LogP contribution in [-0.2, 0) is 26.4 Å². The van der Waals surface area contributed by atoms with Crippen LogP contribution in [0.2, 0.25) is 0 Å². The predicted molar refractivity (Wildman–Crippen MR) is 72.2 cm³/mol.